The van der Waals surface area contributed by atoms with E-state index < -0.39 is 5.97 Å². The zero-order valence-corrected chi connectivity index (χ0v) is 4.56. The first-order valence-electron chi connectivity index (χ1n) is 1.44. The Morgan fingerprint density at radius 1 is 2.40 bits per heavy atom. The standard InChI is InChI=1S/C2H3IO2/c3-1-2(4)5/h1H2,(H,4,5)/i/hD. The molecule has 0 atom stereocenters. The Kier molecular flexibility index (Phi) is 1.65. The predicted molar refractivity (Wildman–Crippen MR) is 26.5 cm³/mol. The van der Waals surface area contributed by atoms with E-state index in [1.54, 1.807) is 0 Å². The molecule has 3 heteroatoms. The van der Waals surface area contributed by atoms with E-state index in [0.29, 0.717) is 0 Å². The molecule has 0 aliphatic carbocycles. The Labute approximate surface area is 44.8 Å². The lowest BCUT2D eigenvalue weighted by Crippen LogP contribution is -1.91. The lowest BCUT2D eigenvalue weighted by atomic mass is 10.9. The van der Waals surface area contributed by atoms with Gasteiger partial charge in [-0.1, -0.05) is 22.6 Å². The number of hydrogen-bond donors (Lipinski definition) is 1. The molecule has 0 saturated heterocycles. The molecule has 0 saturated carbocycles. The number of carboxylic acids is 1. The molecule has 0 unspecified atom stereocenters. The Bertz CT molecular complexity index is 49.5. The van der Waals surface area contributed by atoms with Crippen molar-refractivity contribution < 1.29 is 9.90 Å². The average Bonchev–Trinajstić information content (AvgIpc) is 1.65. The summed E-state index contributed by atoms with van der Waals surface area (Å²) < 4.78 is 6.21. The van der Waals surface area contributed by atoms with Crippen LogP contribution in [0.15, 0.2) is 0 Å². The van der Waals surface area contributed by atoms with Crippen LogP contribution in [-0.4, -0.2) is 15.5 Å². The van der Waals surface area contributed by atoms with Crippen LogP contribution in [0, 0.1) is 0 Å². The number of hydrogen-bond acceptors (Lipinski definition) is 2. The number of aliphatic carboxylic acids is 1. The van der Waals surface area contributed by atoms with E-state index in [4.69, 9.17) is 1.43 Å². The van der Waals surface area contributed by atoms with Gasteiger partial charge in [-0.05, 0) is 0 Å². The summed E-state index contributed by atoms with van der Waals surface area (Å²) in [6.07, 6.45) is 0. The van der Waals surface area contributed by atoms with Gasteiger partial charge in [-0.15, -0.1) is 0 Å². The minimum absolute atomic E-state index is 0.251. The van der Waals surface area contributed by atoms with Crippen molar-refractivity contribution >= 4 is 28.6 Å². The van der Waals surface area contributed by atoms with Crippen LogP contribution >= 0.6 is 22.6 Å². The van der Waals surface area contributed by atoms with E-state index in [1.165, 1.54) is 0 Å². The molecule has 0 spiro atoms. The van der Waals surface area contributed by atoms with Gasteiger partial charge in [-0.2, -0.15) is 0 Å². The smallest absolute Gasteiger partial charge is 0.313 e. The maximum Gasteiger partial charge on any atom is 0.313 e. The molecular formula is C2H3IO2. The molecule has 0 aromatic carbocycles. The van der Waals surface area contributed by atoms with Gasteiger partial charge < -0.3 is 5.11 Å². The van der Waals surface area contributed by atoms with Crippen LogP contribution in [0.2, 0.25) is 0 Å². The fourth-order valence-electron chi connectivity index (χ4n) is 0. The molecule has 0 radical (unpaired) electrons. The molecule has 0 bridgehead atoms. The quantitative estimate of drug-likeness (QED) is 0.479. The minimum Gasteiger partial charge on any atom is -0.481 e. The molecule has 0 heterocycles. The average molecular weight is 187 g/mol. The molecule has 0 fully saturated rings. The number of alkyl halides is 1. The molecule has 0 aromatic rings. The Morgan fingerprint density at radius 3 is 3.00 bits per heavy atom. The van der Waals surface area contributed by atoms with Gasteiger partial charge in [0.25, 0.3) is 1.43 Å². The molecule has 5 heavy (non-hydrogen) atoms. The third-order valence-corrected chi connectivity index (χ3v) is 0.732. The second-order valence-corrected chi connectivity index (χ2v) is 1.27. The molecule has 0 amide bonds. The molecule has 30 valence electrons. The van der Waals surface area contributed by atoms with Crippen molar-refractivity contribution in [2.75, 3.05) is 4.43 Å². The fourth-order valence-corrected chi connectivity index (χ4v) is 0. The third-order valence-electron chi connectivity index (χ3n) is 0.109. The first-order valence-corrected chi connectivity index (χ1v) is 2.55. The van der Waals surface area contributed by atoms with Crippen molar-refractivity contribution in [3.8, 4) is 0 Å². The first-order chi connectivity index (χ1) is 2.81. The lowest BCUT2D eigenvalue weighted by molar-refractivity contribution is -0.133. The number of carboxylic acid groups (broad SMARTS) is 1. The molecule has 0 aliphatic heterocycles. The molecule has 0 aromatic heterocycles. The predicted octanol–water partition coefficient (Wildman–Crippen LogP) is 0.506. The third kappa shape index (κ3) is 4.20. The van der Waals surface area contributed by atoms with Crippen LogP contribution < -0.4 is 0 Å². The van der Waals surface area contributed by atoms with Gasteiger partial charge in [-0.25, -0.2) is 0 Å². The van der Waals surface area contributed by atoms with E-state index >= 15 is 0 Å². The van der Waals surface area contributed by atoms with Crippen molar-refractivity contribution in [3.63, 3.8) is 0 Å². The highest BCUT2D eigenvalue weighted by atomic mass is 127. The van der Waals surface area contributed by atoms with Gasteiger partial charge in [0.15, 0.2) is 0 Å². The van der Waals surface area contributed by atoms with Crippen molar-refractivity contribution in [1.82, 2.24) is 0 Å². The maximum atomic E-state index is 9.76. The van der Waals surface area contributed by atoms with Gasteiger partial charge >= 0.3 is 5.97 Å². The summed E-state index contributed by atoms with van der Waals surface area (Å²) in [5.74, 6) is -0.504. The fraction of sp³-hybridized carbons (Fsp3) is 0.500. The SMILES string of the molecule is [2H]OC(=O)CI. The zero-order valence-electron chi connectivity index (χ0n) is 3.40. The van der Waals surface area contributed by atoms with Gasteiger partial charge in [0.2, 0.25) is 0 Å². The summed E-state index contributed by atoms with van der Waals surface area (Å²) in [6.45, 7) is 0. The van der Waals surface area contributed by atoms with Crippen molar-refractivity contribution in [2.45, 2.75) is 0 Å². The summed E-state index contributed by atoms with van der Waals surface area (Å²) in [5.41, 5.74) is 0. The monoisotopic (exact) mass is 187 g/mol. The summed E-state index contributed by atoms with van der Waals surface area (Å²) in [7, 11) is 0. The Morgan fingerprint density at radius 2 is 3.00 bits per heavy atom. The molecular weight excluding hydrogens is 183 g/mol. The van der Waals surface area contributed by atoms with Crippen LogP contribution in [0.1, 0.15) is 0 Å². The Balaban J connectivity index is 2.99. The number of carbonyl (C=O) groups is 1. The number of halogens is 1. The van der Waals surface area contributed by atoms with Crippen LogP contribution in [0.3, 0.4) is 0 Å². The summed E-state index contributed by atoms with van der Waals surface area (Å²) in [4.78, 5) is 9.76. The van der Waals surface area contributed by atoms with Gasteiger partial charge in [-0.3, -0.25) is 4.79 Å². The highest BCUT2D eigenvalue weighted by Crippen LogP contribution is 1.75. The molecule has 2 nitrogen and oxygen atoms in total. The summed E-state index contributed by atoms with van der Waals surface area (Å²) in [5, 5.41) is 3.50. The lowest BCUT2D eigenvalue weighted by Gasteiger charge is -1.70. The van der Waals surface area contributed by atoms with Crippen LogP contribution in [0.5, 0.6) is 0 Å². The largest absolute Gasteiger partial charge is 0.481 e. The van der Waals surface area contributed by atoms with E-state index in [9.17, 15) is 4.79 Å². The Hall–Kier alpha value is 0.200. The first kappa shape index (κ1) is 3.39. The van der Waals surface area contributed by atoms with Crippen molar-refractivity contribution in [1.29, 1.82) is 1.43 Å². The van der Waals surface area contributed by atoms with E-state index in [1.807, 2.05) is 22.6 Å². The van der Waals surface area contributed by atoms with Crippen LogP contribution in [-0.2, 0) is 4.79 Å². The van der Waals surface area contributed by atoms with E-state index in [-0.39, 0.29) is 4.43 Å². The minimum atomic E-state index is -0.504. The number of rotatable bonds is 1. The highest BCUT2D eigenvalue weighted by molar-refractivity contribution is 14.1. The molecule has 1 N–H and O–H groups in total. The molecule has 0 aliphatic rings. The summed E-state index contributed by atoms with van der Waals surface area (Å²) >= 11 is 1.82. The van der Waals surface area contributed by atoms with Gasteiger partial charge in [0.05, 0.1) is 4.43 Å². The van der Waals surface area contributed by atoms with Crippen molar-refractivity contribution in [2.24, 2.45) is 0 Å². The van der Waals surface area contributed by atoms with Crippen LogP contribution in [0.4, 0.5) is 0 Å². The van der Waals surface area contributed by atoms with Crippen molar-refractivity contribution in [3.05, 3.63) is 0 Å². The van der Waals surface area contributed by atoms with Gasteiger partial charge in [0.1, 0.15) is 0 Å². The second kappa shape index (κ2) is 2.44. The topological polar surface area (TPSA) is 37.3 Å². The zero-order chi connectivity index (χ0) is 4.99. The van der Waals surface area contributed by atoms with E-state index in [2.05, 4.69) is 5.11 Å². The normalized spacial score (nSPS) is 9.40. The summed E-state index contributed by atoms with van der Waals surface area (Å²) in [6, 6.07) is 0. The highest BCUT2D eigenvalue weighted by Gasteiger charge is 1.82. The van der Waals surface area contributed by atoms with Gasteiger partial charge in [0, 0.05) is 0 Å². The maximum absolute atomic E-state index is 9.76. The molecule has 0 rings (SSSR count). The van der Waals surface area contributed by atoms with E-state index in [0.717, 1.165) is 0 Å². The van der Waals surface area contributed by atoms with Crippen LogP contribution in [0.25, 0.3) is 1.43 Å². The second-order valence-electron chi connectivity index (χ2n) is 0.506.